The molecule has 7 heteroatoms. The van der Waals surface area contributed by atoms with Gasteiger partial charge in [0.05, 0.1) is 12.2 Å². The van der Waals surface area contributed by atoms with Gasteiger partial charge in [0.2, 0.25) is 10.0 Å². The van der Waals surface area contributed by atoms with Crippen molar-refractivity contribution >= 4 is 10.0 Å². The van der Waals surface area contributed by atoms with E-state index in [-0.39, 0.29) is 5.92 Å². The van der Waals surface area contributed by atoms with Crippen LogP contribution in [0.5, 0.6) is 0 Å². The number of aliphatic hydroxyl groups is 1. The highest BCUT2D eigenvalue weighted by Crippen LogP contribution is 2.29. The van der Waals surface area contributed by atoms with E-state index >= 15 is 0 Å². The number of halogens is 2. The predicted molar refractivity (Wildman–Crippen MR) is 74.0 cm³/mol. The Hall–Kier alpha value is -1.05. The maximum absolute atomic E-state index is 14.2. The number of aliphatic hydroxyl groups excluding tert-OH is 1. The fourth-order valence-electron chi connectivity index (χ4n) is 2.50. The normalized spacial score (nSPS) is 24.2. The van der Waals surface area contributed by atoms with E-state index in [0.29, 0.717) is 25.4 Å². The third kappa shape index (κ3) is 2.95. The van der Waals surface area contributed by atoms with Gasteiger partial charge in [0.25, 0.3) is 0 Å². The molecular formula is C14H19F2NO3S. The van der Waals surface area contributed by atoms with Gasteiger partial charge in [0, 0.05) is 13.1 Å². The number of sulfonamides is 1. The van der Waals surface area contributed by atoms with Crippen LogP contribution >= 0.6 is 0 Å². The van der Waals surface area contributed by atoms with E-state index in [2.05, 4.69) is 6.92 Å². The molecule has 0 aliphatic carbocycles. The summed E-state index contributed by atoms with van der Waals surface area (Å²) in [4.78, 5) is -0.574. The maximum Gasteiger partial charge on any atom is 0.246 e. The van der Waals surface area contributed by atoms with Gasteiger partial charge < -0.3 is 5.11 Å². The molecule has 2 unspecified atom stereocenters. The zero-order valence-electron chi connectivity index (χ0n) is 12.0. The zero-order chi connectivity index (χ0) is 15.8. The average molecular weight is 319 g/mol. The van der Waals surface area contributed by atoms with Crippen LogP contribution in [0.25, 0.3) is 0 Å². The Morgan fingerprint density at radius 3 is 2.52 bits per heavy atom. The maximum atomic E-state index is 14.2. The fraction of sp³-hybridized carbons (Fsp3) is 0.571. The number of piperidine rings is 1. The molecule has 1 heterocycles. The van der Waals surface area contributed by atoms with Gasteiger partial charge in [0.15, 0.2) is 5.82 Å². The Kier molecular flexibility index (Phi) is 4.65. The molecule has 1 aromatic rings. The minimum atomic E-state index is -4.02. The molecule has 1 aliphatic rings. The topological polar surface area (TPSA) is 57.6 Å². The molecule has 21 heavy (non-hydrogen) atoms. The van der Waals surface area contributed by atoms with Crippen LogP contribution in [-0.2, 0) is 16.6 Å². The Morgan fingerprint density at radius 2 is 1.95 bits per heavy atom. The van der Waals surface area contributed by atoms with Crippen LogP contribution in [-0.4, -0.2) is 30.9 Å². The second-order valence-corrected chi connectivity index (χ2v) is 7.51. The number of rotatable bonds is 3. The molecule has 4 nitrogen and oxygen atoms in total. The third-order valence-corrected chi connectivity index (χ3v) is 6.11. The second-order valence-electron chi connectivity index (χ2n) is 5.60. The minimum absolute atomic E-state index is 0.175. The van der Waals surface area contributed by atoms with Gasteiger partial charge in [-0.2, -0.15) is 4.31 Å². The van der Waals surface area contributed by atoms with Crippen LogP contribution in [0.3, 0.4) is 0 Å². The second kappa shape index (κ2) is 5.98. The van der Waals surface area contributed by atoms with Gasteiger partial charge in [-0.1, -0.05) is 13.8 Å². The molecule has 2 rings (SSSR count). The molecule has 1 aliphatic heterocycles. The van der Waals surface area contributed by atoms with Gasteiger partial charge in [-0.15, -0.1) is 0 Å². The molecule has 0 saturated carbocycles. The number of nitrogens with zero attached hydrogens (tertiary/aromatic N) is 1. The quantitative estimate of drug-likeness (QED) is 0.928. The van der Waals surface area contributed by atoms with Crippen molar-refractivity contribution in [3.8, 4) is 0 Å². The average Bonchev–Trinajstić information content (AvgIpc) is 2.42. The molecule has 1 fully saturated rings. The van der Waals surface area contributed by atoms with Crippen molar-refractivity contribution in [1.29, 1.82) is 0 Å². The molecule has 1 N–H and O–H groups in total. The summed E-state index contributed by atoms with van der Waals surface area (Å²) in [6, 6.07) is 1.79. The van der Waals surface area contributed by atoms with Crippen molar-refractivity contribution in [2.24, 2.45) is 11.8 Å². The van der Waals surface area contributed by atoms with Gasteiger partial charge >= 0.3 is 0 Å². The SMILES string of the molecule is CC1CCN(S(=O)(=O)c2ccc(F)c(CO)c2F)CC1C. The first-order valence-electron chi connectivity index (χ1n) is 6.87. The summed E-state index contributed by atoms with van der Waals surface area (Å²) in [6.45, 7) is 3.76. The van der Waals surface area contributed by atoms with Gasteiger partial charge in [-0.05, 0) is 30.4 Å². The molecule has 1 aromatic carbocycles. The molecule has 0 aromatic heterocycles. The van der Waals surface area contributed by atoms with Crippen LogP contribution in [0.15, 0.2) is 17.0 Å². The van der Waals surface area contributed by atoms with E-state index < -0.39 is 38.7 Å². The molecule has 118 valence electrons. The smallest absolute Gasteiger partial charge is 0.246 e. The van der Waals surface area contributed by atoms with Crippen LogP contribution < -0.4 is 0 Å². The lowest BCUT2D eigenvalue weighted by Gasteiger charge is -2.34. The monoisotopic (exact) mass is 319 g/mol. The predicted octanol–water partition coefficient (Wildman–Crippen LogP) is 2.12. The Labute approximate surface area is 123 Å². The van der Waals surface area contributed by atoms with Crippen molar-refractivity contribution in [2.45, 2.75) is 31.8 Å². The Balaban J connectivity index is 2.41. The summed E-state index contributed by atoms with van der Waals surface area (Å²) in [7, 11) is -4.02. The lowest BCUT2D eigenvalue weighted by molar-refractivity contribution is 0.212. The fourth-order valence-corrected chi connectivity index (χ4v) is 4.15. The third-order valence-electron chi connectivity index (χ3n) is 4.22. The molecule has 0 spiro atoms. The highest BCUT2D eigenvalue weighted by Gasteiger charge is 2.34. The Morgan fingerprint density at radius 1 is 1.29 bits per heavy atom. The summed E-state index contributed by atoms with van der Waals surface area (Å²) in [5.41, 5.74) is -0.616. The van der Waals surface area contributed by atoms with Crippen LogP contribution in [0, 0.1) is 23.5 Å². The number of hydrogen-bond acceptors (Lipinski definition) is 3. The lowest BCUT2D eigenvalue weighted by Crippen LogP contribution is -2.42. The van der Waals surface area contributed by atoms with Crippen LogP contribution in [0.1, 0.15) is 25.8 Å². The van der Waals surface area contributed by atoms with E-state index in [1.54, 1.807) is 0 Å². The molecule has 0 radical (unpaired) electrons. The van der Waals surface area contributed by atoms with E-state index in [0.717, 1.165) is 12.1 Å². The zero-order valence-corrected chi connectivity index (χ0v) is 12.8. The standard InChI is InChI=1S/C14H19F2NO3S/c1-9-5-6-17(7-10(9)2)21(19,20)13-4-3-12(15)11(8-18)14(13)16/h3-4,9-10,18H,5-8H2,1-2H3. The molecular weight excluding hydrogens is 300 g/mol. The molecule has 2 atom stereocenters. The summed E-state index contributed by atoms with van der Waals surface area (Å²) in [5, 5.41) is 8.99. The van der Waals surface area contributed by atoms with Crippen molar-refractivity contribution in [1.82, 2.24) is 4.31 Å². The van der Waals surface area contributed by atoms with Gasteiger partial charge in [-0.3, -0.25) is 0 Å². The van der Waals surface area contributed by atoms with Gasteiger partial charge in [-0.25, -0.2) is 17.2 Å². The highest BCUT2D eigenvalue weighted by atomic mass is 32.2. The summed E-state index contributed by atoms with van der Waals surface area (Å²) in [5.74, 6) is -1.57. The van der Waals surface area contributed by atoms with Crippen LogP contribution in [0.2, 0.25) is 0 Å². The summed E-state index contributed by atoms with van der Waals surface area (Å²) < 4.78 is 53.8. The van der Waals surface area contributed by atoms with Crippen molar-refractivity contribution in [2.75, 3.05) is 13.1 Å². The first-order chi connectivity index (χ1) is 9.78. The van der Waals surface area contributed by atoms with Crippen LogP contribution in [0.4, 0.5) is 8.78 Å². The van der Waals surface area contributed by atoms with E-state index in [1.165, 1.54) is 4.31 Å². The van der Waals surface area contributed by atoms with E-state index in [9.17, 15) is 17.2 Å². The van der Waals surface area contributed by atoms with Crippen molar-refractivity contribution < 1.29 is 22.3 Å². The van der Waals surface area contributed by atoms with E-state index in [1.807, 2.05) is 6.92 Å². The highest BCUT2D eigenvalue weighted by molar-refractivity contribution is 7.89. The minimum Gasteiger partial charge on any atom is -0.391 e. The van der Waals surface area contributed by atoms with Crippen molar-refractivity contribution in [3.63, 3.8) is 0 Å². The first kappa shape index (κ1) is 16.3. The lowest BCUT2D eigenvalue weighted by atomic mass is 9.90. The van der Waals surface area contributed by atoms with Gasteiger partial charge in [0.1, 0.15) is 10.7 Å². The first-order valence-corrected chi connectivity index (χ1v) is 8.31. The van der Waals surface area contributed by atoms with E-state index in [4.69, 9.17) is 5.11 Å². The molecule has 0 amide bonds. The molecule has 0 bridgehead atoms. The van der Waals surface area contributed by atoms with Crippen molar-refractivity contribution in [3.05, 3.63) is 29.3 Å². The molecule has 1 saturated heterocycles. The summed E-state index contributed by atoms with van der Waals surface area (Å²) >= 11 is 0. The number of hydrogen-bond donors (Lipinski definition) is 1. The number of benzene rings is 1. The summed E-state index contributed by atoms with van der Waals surface area (Å²) in [6.07, 6.45) is 0.704. The largest absolute Gasteiger partial charge is 0.391 e. The Bertz CT molecular complexity index is 633.